The zero-order valence-electron chi connectivity index (χ0n) is 11.7. The van der Waals surface area contributed by atoms with Gasteiger partial charge in [0.25, 0.3) is 11.2 Å². The van der Waals surface area contributed by atoms with E-state index in [1.165, 1.54) is 10.8 Å². The second kappa shape index (κ2) is 6.24. The van der Waals surface area contributed by atoms with Crippen molar-refractivity contribution in [3.05, 3.63) is 44.8 Å². The van der Waals surface area contributed by atoms with Crippen LogP contribution in [0.3, 0.4) is 0 Å². The molecule has 24 heavy (non-hydrogen) atoms. The van der Waals surface area contributed by atoms with E-state index < -0.39 is 34.7 Å². The van der Waals surface area contributed by atoms with Crippen molar-refractivity contribution in [2.45, 2.75) is 11.2 Å². The number of thiophene rings is 2. The van der Waals surface area contributed by atoms with Crippen LogP contribution >= 0.6 is 22.7 Å². The summed E-state index contributed by atoms with van der Waals surface area (Å²) in [6, 6.07) is 2.27. The van der Waals surface area contributed by atoms with Crippen LogP contribution in [0.2, 0.25) is 0 Å². The molecule has 0 amide bonds. The fraction of sp³-hybridized carbons (Fsp3) is 0.143. The van der Waals surface area contributed by atoms with E-state index >= 15 is 0 Å². The third kappa shape index (κ3) is 2.45. The molecule has 126 valence electrons. The Balaban J connectivity index is 2.69. The highest BCUT2D eigenvalue weighted by Crippen LogP contribution is 2.32. The summed E-state index contributed by atoms with van der Waals surface area (Å²) in [6.07, 6.45) is 0. The van der Waals surface area contributed by atoms with E-state index in [1.807, 2.05) is 0 Å². The van der Waals surface area contributed by atoms with Gasteiger partial charge in [-0.2, -0.15) is 22.7 Å². The summed E-state index contributed by atoms with van der Waals surface area (Å²) >= 11 is 1.97. The average Bonchev–Trinajstić information content (AvgIpc) is 3.23. The van der Waals surface area contributed by atoms with Gasteiger partial charge in [-0.1, -0.05) is 0 Å². The van der Waals surface area contributed by atoms with Gasteiger partial charge in [0, 0.05) is 21.9 Å². The number of aliphatic carboxylic acids is 2. The Labute approximate surface area is 142 Å². The quantitative estimate of drug-likeness (QED) is 0.407. The molecule has 2 aromatic rings. The van der Waals surface area contributed by atoms with Gasteiger partial charge < -0.3 is 20.4 Å². The standard InChI is InChI=1S/C14H10O8S2/c15-9(7-1-3-23-5-7)13(21,11(17)18)14(22,12(19)20)10(16)8-2-4-24-6-8/h1-6,21-22H,(H,17,18)(H,19,20). The number of Topliss-reactive ketones (excluding diaryl/α,β-unsaturated/α-hetero) is 2. The van der Waals surface area contributed by atoms with E-state index in [0.717, 1.165) is 45.6 Å². The monoisotopic (exact) mass is 370 g/mol. The van der Waals surface area contributed by atoms with Crippen LogP contribution in [0.15, 0.2) is 33.7 Å². The van der Waals surface area contributed by atoms with Crippen LogP contribution in [-0.2, 0) is 9.59 Å². The Morgan fingerprint density at radius 3 is 1.29 bits per heavy atom. The lowest BCUT2D eigenvalue weighted by Gasteiger charge is -2.34. The van der Waals surface area contributed by atoms with E-state index in [4.69, 9.17) is 0 Å². The predicted octanol–water partition coefficient (Wildman–Crippen LogP) is 0.507. The van der Waals surface area contributed by atoms with E-state index in [-0.39, 0.29) is 11.1 Å². The molecule has 10 heteroatoms. The molecule has 0 aromatic carbocycles. The topological polar surface area (TPSA) is 149 Å². The van der Waals surface area contributed by atoms with Crippen LogP contribution in [0.25, 0.3) is 0 Å². The molecule has 0 aliphatic carbocycles. The summed E-state index contributed by atoms with van der Waals surface area (Å²) in [5.41, 5.74) is -8.50. The fourth-order valence-electron chi connectivity index (χ4n) is 2.04. The Morgan fingerprint density at radius 1 is 0.750 bits per heavy atom. The van der Waals surface area contributed by atoms with Crippen molar-refractivity contribution in [2.24, 2.45) is 0 Å². The van der Waals surface area contributed by atoms with Crippen molar-refractivity contribution in [1.29, 1.82) is 0 Å². The molecule has 2 aromatic heterocycles. The molecule has 0 aliphatic rings. The SMILES string of the molecule is O=C(O)C(O)(C(=O)c1ccsc1)C(O)(C(=O)O)C(=O)c1ccsc1. The summed E-state index contributed by atoms with van der Waals surface area (Å²) < 4.78 is 0. The molecule has 8 nitrogen and oxygen atoms in total. The number of hydrogen-bond donors (Lipinski definition) is 4. The highest BCUT2D eigenvalue weighted by Gasteiger charge is 2.70. The van der Waals surface area contributed by atoms with Gasteiger partial charge in [0.15, 0.2) is 0 Å². The molecule has 0 spiro atoms. The normalized spacial score (nSPS) is 15.9. The molecule has 0 bridgehead atoms. The summed E-state index contributed by atoms with van der Waals surface area (Å²) in [5.74, 6) is -7.92. The maximum Gasteiger partial charge on any atom is 0.348 e. The van der Waals surface area contributed by atoms with Crippen molar-refractivity contribution in [1.82, 2.24) is 0 Å². The van der Waals surface area contributed by atoms with Crippen molar-refractivity contribution >= 4 is 46.2 Å². The molecule has 4 N–H and O–H groups in total. The van der Waals surface area contributed by atoms with E-state index in [1.54, 1.807) is 0 Å². The number of carbonyl (C=O) groups excluding carboxylic acids is 2. The van der Waals surface area contributed by atoms with Gasteiger partial charge in [-0.25, -0.2) is 9.59 Å². The first kappa shape index (κ1) is 17.9. The van der Waals surface area contributed by atoms with E-state index in [0.29, 0.717) is 0 Å². The maximum atomic E-state index is 12.4. The Morgan fingerprint density at radius 2 is 1.08 bits per heavy atom. The summed E-state index contributed by atoms with van der Waals surface area (Å²) in [5, 5.41) is 44.5. The highest BCUT2D eigenvalue weighted by molar-refractivity contribution is 7.08. The van der Waals surface area contributed by atoms with Gasteiger partial charge in [0.1, 0.15) is 0 Å². The molecule has 2 rings (SSSR count). The van der Waals surface area contributed by atoms with E-state index in [9.17, 15) is 39.6 Å². The lowest BCUT2D eigenvalue weighted by Crippen LogP contribution is -2.71. The second-order valence-electron chi connectivity index (χ2n) is 4.71. The minimum atomic E-state index is -3.90. The lowest BCUT2D eigenvalue weighted by molar-refractivity contribution is -0.187. The molecular formula is C14H10O8S2. The number of carboxylic acid groups (broad SMARTS) is 2. The first-order valence-corrected chi connectivity index (χ1v) is 8.11. The van der Waals surface area contributed by atoms with Crippen LogP contribution in [0.4, 0.5) is 0 Å². The molecule has 0 radical (unpaired) electrons. The largest absolute Gasteiger partial charge is 0.479 e. The van der Waals surface area contributed by atoms with Gasteiger partial charge in [-0.3, -0.25) is 9.59 Å². The molecule has 0 fully saturated rings. The van der Waals surface area contributed by atoms with Crippen molar-refractivity contribution in [3.8, 4) is 0 Å². The molecule has 2 atom stereocenters. The number of carbonyl (C=O) groups is 4. The van der Waals surface area contributed by atoms with Crippen LogP contribution in [0, 0.1) is 0 Å². The zero-order chi connectivity index (χ0) is 18.1. The van der Waals surface area contributed by atoms with E-state index in [2.05, 4.69) is 0 Å². The molecule has 2 heterocycles. The average molecular weight is 370 g/mol. The summed E-state index contributed by atoms with van der Waals surface area (Å²) in [7, 11) is 0. The summed E-state index contributed by atoms with van der Waals surface area (Å²) in [6.45, 7) is 0. The first-order chi connectivity index (χ1) is 11.2. The molecule has 0 saturated carbocycles. The summed E-state index contributed by atoms with van der Waals surface area (Å²) in [4.78, 5) is 47.9. The maximum absolute atomic E-state index is 12.4. The van der Waals surface area contributed by atoms with Gasteiger partial charge in [0.05, 0.1) is 0 Å². The first-order valence-electron chi connectivity index (χ1n) is 6.23. The number of ketones is 2. The predicted molar refractivity (Wildman–Crippen MR) is 82.5 cm³/mol. The van der Waals surface area contributed by atoms with Crippen LogP contribution in [0.5, 0.6) is 0 Å². The van der Waals surface area contributed by atoms with Crippen molar-refractivity contribution in [2.75, 3.05) is 0 Å². The van der Waals surface area contributed by atoms with Crippen LogP contribution in [-0.4, -0.2) is 55.1 Å². The zero-order valence-corrected chi connectivity index (χ0v) is 13.3. The smallest absolute Gasteiger partial charge is 0.348 e. The minimum absolute atomic E-state index is 0.345. The van der Waals surface area contributed by atoms with Crippen molar-refractivity contribution < 1.29 is 39.6 Å². The van der Waals surface area contributed by atoms with Crippen molar-refractivity contribution in [3.63, 3.8) is 0 Å². The number of hydrogen-bond acceptors (Lipinski definition) is 8. The highest BCUT2D eigenvalue weighted by atomic mass is 32.1. The Kier molecular flexibility index (Phi) is 4.67. The van der Waals surface area contributed by atoms with Crippen LogP contribution in [0.1, 0.15) is 20.7 Å². The minimum Gasteiger partial charge on any atom is -0.479 e. The molecule has 0 aliphatic heterocycles. The Hall–Kier alpha value is -2.40. The van der Waals surface area contributed by atoms with Gasteiger partial charge in [0.2, 0.25) is 11.6 Å². The molecule has 2 unspecified atom stereocenters. The fourth-order valence-corrected chi connectivity index (χ4v) is 3.31. The third-order valence-corrected chi connectivity index (χ3v) is 4.73. The molecular weight excluding hydrogens is 360 g/mol. The number of carboxylic acids is 2. The number of aliphatic hydroxyl groups is 2. The van der Waals surface area contributed by atoms with Crippen LogP contribution < -0.4 is 0 Å². The van der Waals surface area contributed by atoms with Gasteiger partial charge in [-0.15, -0.1) is 0 Å². The lowest BCUT2D eigenvalue weighted by atomic mass is 9.73. The number of rotatable bonds is 7. The molecule has 0 saturated heterocycles. The Bertz CT molecular complexity index is 727. The van der Waals surface area contributed by atoms with Gasteiger partial charge >= 0.3 is 11.9 Å². The third-order valence-electron chi connectivity index (χ3n) is 3.37. The van der Waals surface area contributed by atoms with Gasteiger partial charge in [-0.05, 0) is 22.9 Å². The second-order valence-corrected chi connectivity index (χ2v) is 6.27.